The molecule has 0 saturated carbocycles. The van der Waals surface area contributed by atoms with Gasteiger partial charge in [0, 0.05) is 44.3 Å². The van der Waals surface area contributed by atoms with Crippen LogP contribution in [0.15, 0.2) is 42.5 Å². The Kier molecular flexibility index (Phi) is 12.0. The molecule has 9 nitrogen and oxygen atoms in total. The van der Waals surface area contributed by atoms with Crippen molar-refractivity contribution in [3.05, 3.63) is 53.6 Å². The summed E-state index contributed by atoms with van der Waals surface area (Å²) < 4.78 is 26.5. The predicted molar refractivity (Wildman–Crippen MR) is 155 cm³/mol. The van der Waals surface area contributed by atoms with Crippen molar-refractivity contribution < 1.29 is 18.3 Å². The van der Waals surface area contributed by atoms with Crippen LogP contribution in [0.5, 0.6) is 0 Å². The van der Waals surface area contributed by atoms with Crippen LogP contribution >= 0.6 is 0 Å². The molecule has 0 aliphatic rings. The van der Waals surface area contributed by atoms with Gasteiger partial charge in [-0.25, -0.2) is 13.4 Å². The lowest BCUT2D eigenvalue weighted by Crippen LogP contribution is -2.42. The van der Waals surface area contributed by atoms with Crippen LogP contribution in [0, 0.1) is 0 Å². The van der Waals surface area contributed by atoms with E-state index >= 15 is 0 Å². The van der Waals surface area contributed by atoms with E-state index in [-0.39, 0.29) is 24.5 Å². The SMILES string of the molecule is CCCN(c1cc(C(=O)N[C@H](CO)Cc2ccccc2)cc(N(C)CCN(C(C)C)C(C)C)n1)S(C)(=O)=O. The van der Waals surface area contributed by atoms with Crippen molar-refractivity contribution in [2.45, 2.75) is 65.6 Å². The lowest BCUT2D eigenvalue weighted by Gasteiger charge is -2.32. The first-order valence-corrected chi connectivity index (χ1v) is 15.1. The first kappa shape index (κ1) is 31.5. The number of aromatic nitrogens is 1. The number of benzene rings is 1. The van der Waals surface area contributed by atoms with E-state index in [1.54, 1.807) is 6.07 Å². The molecule has 2 rings (SSSR count). The molecule has 1 amide bonds. The molecule has 0 radical (unpaired) electrons. The van der Waals surface area contributed by atoms with E-state index in [0.29, 0.717) is 37.3 Å². The summed E-state index contributed by atoms with van der Waals surface area (Å²) in [6.07, 6.45) is 2.21. The fourth-order valence-electron chi connectivity index (χ4n) is 4.43. The van der Waals surface area contributed by atoms with E-state index in [1.165, 1.54) is 10.4 Å². The van der Waals surface area contributed by atoms with Gasteiger partial charge in [0.15, 0.2) is 0 Å². The molecular formula is C28H45N5O4S. The third-order valence-corrected chi connectivity index (χ3v) is 7.61. The minimum absolute atomic E-state index is 0.206. The number of likely N-dealkylation sites (N-methyl/N-ethyl adjacent to an activating group) is 1. The van der Waals surface area contributed by atoms with E-state index in [1.807, 2.05) is 49.2 Å². The Bertz CT molecular complexity index is 1120. The quantitative estimate of drug-likeness (QED) is 0.353. The Balaban J connectivity index is 2.40. The zero-order chi connectivity index (χ0) is 28.5. The van der Waals surface area contributed by atoms with Gasteiger partial charge in [-0.05, 0) is 58.2 Å². The number of pyridine rings is 1. The Morgan fingerprint density at radius 1 is 1.00 bits per heavy atom. The summed E-state index contributed by atoms with van der Waals surface area (Å²) in [4.78, 5) is 22.3. The van der Waals surface area contributed by atoms with Crippen molar-refractivity contribution >= 4 is 27.6 Å². The van der Waals surface area contributed by atoms with Crippen LogP contribution in [0.4, 0.5) is 11.6 Å². The standard InChI is InChI=1S/C28H45N5O4S/c1-8-14-33(38(7,36)37)27-19-24(28(35)29-25(20-34)17-23-12-10-9-11-13-23)18-26(30-27)31(6)15-16-32(21(2)3)22(4)5/h9-13,18-19,21-22,25,34H,8,14-17,20H2,1-7H3,(H,29,35)/t25-/m0/s1. The molecule has 0 bridgehead atoms. The third-order valence-electron chi connectivity index (χ3n) is 6.43. The maximum absolute atomic E-state index is 13.4. The molecule has 10 heteroatoms. The van der Waals surface area contributed by atoms with E-state index in [4.69, 9.17) is 0 Å². The molecule has 1 heterocycles. The van der Waals surface area contributed by atoms with Gasteiger partial charge in [-0.3, -0.25) is 14.0 Å². The Morgan fingerprint density at radius 2 is 1.61 bits per heavy atom. The summed E-state index contributed by atoms with van der Waals surface area (Å²) in [5, 5.41) is 12.8. The van der Waals surface area contributed by atoms with Gasteiger partial charge in [0.05, 0.1) is 18.9 Å². The maximum atomic E-state index is 13.4. The second-order valence-corrected chi connectivity index (χ2v) is 12.2. The number of carbonyl (C=O) groups is 1. The van der Waals surface area contributed by atoms with E-state index in [9.17, 15) is 18.3 Å². The molecule has 1 atom stereocenters. The molecule has 0 spiro atoms. The average Bonchev–Trinajstić information content (AvgIpc) is 2.85. The number of amides is 1. The number of carbonyl (C=O) groups excluding carboxylic acids is 1. The summed E-state index contributed by atoms with van der Waals surface area (Å²) >= 11 is 0. The summed E-state index contributed by atoms with van der Waals surface area (Å²) in [6.45, 7) is 12.0. The molecule has 212 valence electrons. The van der Waals surface area contributed by atoms with Crippen molar-refractivity contribution in [2.24, 2.45) is 0 Å². The summed E-state index contributed by atoms with van der Waals surface area (Å²) in [5.74, 6) is 0.319. The number of hydrogen-bond acceptors (Lipinski definition) is 7. The molecule has 2 aromatic rings. The fourth-order valence-corrected chi connectivity index (χ4v) is 5.38. The number of anilines is 2. The predicted octanol–water partition coefficient (Wildman–Crippen LogP) is 3.15. The largest absolute Gasteiger partial charge is 0.394 e. The van der Waals surface area contributed by atoms with Gasteiger partial charge in [0.1, 0.15) is 11.6 Å². The van der Waals surface area contributed by atoms with Crippen LogP contribution in [0.1, 0.15) is 57.0 Å². The molecule has 1 aromatic heterocycles. The fraction of sp³-hybridized carbons (Fsp3) is 0.571. The van der Waals surface area contributed by atoms with Crippen LogP contribution in [0.3, 0.4) is 0 Å². The van der Waals surface area contributed by atoms with E-state index in [0.717, 1.165) is 18.4 Å². The van der Waals surface area contributed by atoms with E-state index in [2.05, 4.69) is 42.9 Å². The number of nitrogens with one attached hydrogen (secondary N) is 1. The van der Waals surface area contributed by atoms with Crippen molar-refractivity contribution in [2.75, 3.05) is 48.7 Å². The van der Waals surface area contributed by atoms with Crippen LogP contribution in [0.25, 0.3) is 0 Å². The lowest BCUT2D eigenvalue weighted by molar-refractivity contribution is 0.0916. The van der Waals surface area contributed by atoms with Gasteiger partial charge < -0.3 is 15.3 Å². The van der Waals surface area contributed by atoms with Crippen LogP contribution in [0.2, 0.25) is 0 Å². The first-order valence-electron chi connectivity index (χ1n) is 13.3. The highest BCUT2D eigenvalue weighted by Gasteiger charge is 2.23. The molecular weight excluding hydrogens is 502 g/mol. The average molecular weight is 548 g/mol. The van der Waals surface area contributed by atoms with Gasteiger partial charge in [-0.1, -0.05) is 37.3 Å². The number of aliphatic hydroxyl groups excluding tert-OH is 1. The molecule has 2 N–H and O–H groups in total. The van der Waals surface area contributed by atoms with Gasteiger partial charge in [-0.15, -0.1) is 0 Å². The number of sulfonamides is 1. The van der Waals surface area contributed by atoms with Gasteiger partial charge >= 0.3 is 0 Å². The second-order valence-electron chi connectivity index (χ2n) is 10.3. The molecule has 38 heavy (non-hydrogen) atoms. The highest BCUT2D eigenvalue weighted by Crippen LogP contribution is 2.23. The molecule has 0 aliphatic carbocycles. The van der Waals surface area contributed by atoms with Gasteiger partial charge in [0.25, 0.3) is 5.91 Å². The second kappa shape index (κ2) is 14.5. The lowest BCUT2D eigenvalue weighted by atomic mass is 10.1. The minimum Gasteiger partial charge on any atom is -0.394 e. The maximum Gasteiger partial charge on any atom is 0.251 e. The van der Waals surface area contributed by atoms with Crippen LogP contribution in [-0.2, 0) is 16.4 Å². The highest BCUT2D eigenvalue weighted by molar-refractivity contribution is 7.92. The number of aliphatic hydroxyl groups is 1. The highest BCUT2D eigenvalue weighted by atomic mass is 32.2. The van der Waals surface area contributed by atoms with Gasteiger partial charge in [-0.2, -0.15) is 0 Å². The van der Waals surface area contributed by atoms with Crippen molar-refractivity contribution in [3.8, 4) is 0 Å². The minimum atomic E-state index is -3.61. The smallest absolute Gasteiger partial charge is 0.251 e. The van der Waals surface area contributed by atoms with Crippen LogP contribution in [-0.4, -0.2) is 87.0 Å². The van der Waals surface area contributed by atoms with E-state index < -0.39 is 22.0 Å². The molecule has 0 aliphatic heterocycles. The van der Waals surface area contributed by atoms with Crippen molar-refractivity contribution in [3.63, 3.8) is 0 Å². The van der Waals surface area contributed by atoms with Gasteiger partial charge in [0.2, 0.25) is 10.0 Å². The monoisotopic (exact) mass is 547 g/mol. The summed E-state index contributed by atoms with van der Waals surface area (Å²) in [5.41, 5.74) is 1.28. The molecule has 0 saturated heterocycles. The number of hydrogen-bond donors (Lipinski definition) is 2. The zero-order valence-corrected chi connectivity index (χ0v) is 24.7. The third kappa shape index (κ3) is 9.25. The Morgan fingerprint density at radius 3 is 2.13 bits per heavy atom. The first-order chi connectivity index (χ1) is 17.9. The molecule has 1 aromatic carbocycles. The zero-order valence-electron chi connectivity index (χ0n) is 23.9. The Labute approximate surface area is 228 Å². The van der Waals surface area contributed by atoms with Crippen molar-refractivity contribution in [1.29, 1.82) is 0 Å². The van der Waals surface area contributed by atoms with Crippen molar-refractivity contribution in [1.82, 2.24) is 15.2 Å². The Hall–Kier alpha value is -2.69. The number of rotatable bonds is 15. The summed E-state index contributed by atoms with van der Waals surface area (Å²) in [6, 6.07) is 13.1. The molecule has 0 fully saturated rings. The topological polar surface area (TPSA) is 106 Å². The van der Waals surface area contributed by atoms with Crippen LogP contribution < -0.4 is 14.5 Å². The summed E-state index contributed by atoms with van der Waals surface area (Å²) in [7, 11) is -1.72. The molecule has 0 unspecified atom stereocenters. The normalized spacial score (nSPS) is 12.7. The number of nitrogens with zero attached hydrogens (tertiary/aromatic N) is 4.